The Morgan fingerprint density at radius 3 is 2.57 bits per heavy atom. The molecule has 3 nitrogen and oxygen atoms in total. The molecule has 0 aliphatic heterocycles. The van der Waals surface area contributed by atoms with Crippen LogP contribution in [0.4, 0.5) is 5.82 Å². The van der Waals surface area contributed by atoms with E-state index in [4.69, 9.17) is 17.3 Å². The van der Waals surface area contributed by atoms with Crippen molar-refractivity contribution in [1.29, 1.82) is 0 Å². The molecule has 0 radical (unpaired) electrons. The summed E-state index contributed by atoms with van der Waals surface area (Å²) in [7, 11) is 0. The van der Waals surface area contributed by atoms with Crippen molar-refractivity contribution in [2.75, 3.05) is 5.73 Å². The van der Waals surface area contributed by atoms with Crippen molar-refractivity contribution in [2.45, 2.75) is 0 Å². The number of nitrogens with one attached hydrogen (secondary N) is 1. The molecule has 3 N–H and O–H groups in total. The Hall–Kier alpha value is -1.05. The van der Waals surface area contributed by atoms with E-state index in [-0.39, 0.29) is 0 Å². The highest BCUT2D eigenvalue weighted by Crippen LogP contribution is 2.38. The van der Waals surface area contributed by atoms with E-state index in [0.717, 1.165) is 30.4 Å². The molecule has 21 heavy (non-hydrogen) atoms. The van der Waals surface area contributed by atoms with E-state index < -0.39 is 0 Å². The number of H-pyrrole nitrogens is 1. The number of hydrogen-bond donors (Lipinski definition) is 2. The Morgan fingerprint density at radius 2 is 1.86 bits per heavy atom. The van der Waals surface area contributed by atoms with Crippen LogP contribution in [0, 0.1) is 3.57 Å². The van der Waals surface area contributed by atoms with E-state index in [0.29, 0.717) is 10.8 Å². The number of aromatic nitrogens is 2. The molecule has 0 aliphatic rings. The van der Waals surface area contributed by atoms with Crippen molar-refractivity contribution in [3.05, 3.63) is 55.5 Å². The molecule has 0 saturated heterocycles. The fourth-order valence-electron chi connectivity index (χ4n) is 2.15. The minimum Gasteiger partial charge on any atom is -0.382 e. The highest BCUT2D eigenvalue weighted by Gasteiger charge is 2.17. The number of nitrogens with two attached hydrogens (primary N) is 1. The molecule has 6 heteroatoms. The molecule has 0 unspecified atom stereocenters. The molecule has 0 saturated carbocycles. The van der Waals surface area contributed by atoms with E-state index in [2.05, 4.69) is 54.8 Å². The van der Waals surface area contributed by atoms with Gasteiger partial charge in [-0.25, -0.2) is 0 Å². The first-order chi connectivity index (χ1) is 10.1. The van der Waals surface area contributed by atoms with Crippen molar-refractivity contribution >= 4 is 55.9 Å². The van der Waals surface area contributed by atoms with Crippen molar-refractivity contribution in [3.63, 3.8) is 0 Å². The van der Waals surface area contributed by atoms with Gasteiger partial charge in [-0.1, -0.05) is 39.7 Å². The van der Waals surface area contributed by atoms with Gasteiger partial charge in [-0.05, 0) is 58.5 Å². The predicted octanol–water partition coefficient (Wildman–Crippen LogP) is 5.35. The highest BCUT2D eigenvalue weighted by atomic mass is 127. The summed E-state index contributed by atoms with van der Waals surface area (Å²) in [6, 6.07) is 13.7. The van der Waals surface area contributed by atoms with Crippen molar-refractivity contribution < 1.29 is 0 Å². The van der Waals surface area contributed by atoms with Crippen LogP contribution in [0.1, 0.15) is 0 Å². The van der Waals surface area contributed by atoms with Crippen LogP contribution < -0.4 is 5.73 Å². The number of nitrogen functional groups attached to an aromatic ring is 1. The van der Waals surface area contributed by atoms with Crippen LogP contribution in [0.3, 0.4) is 0 Å². The first-order valence-electron chi connectivity index (χ1n) is 6.11. The largest absolute Gasteiger partial charge is 0.382 e. The zero-order chi connectivity index (χ0) is 15.0. The first-order valence-corrected chi connectivity index (χ1v) is 8.36. The second-order valence-corrected chi connectivity index (χ2v) is 7.03. The molecule has 2 aromatic carbocycles. The third-order valence-corrected chi connectivity index (χ3v) is 4.74. The number of halogens is 3. The zero-order valence-electron chi connectivity index (χ0n) is 10.7. The maximum absolute atomic E-state index is 6.04. The maximum atomic E-state index is 6.04. The first kappa shape index (κ1) is 14.9. The molecule has 1 aromatic heterocycles. The molecule has 0 spiro atoms. The van der Waals surface area contributed by atoms with E-state index in [1.54, 1.807) is 0 Å². The van der Waals surface area contributed by atoms with Gasteiger partial charge in [-0.15, -0.1) is 0 Å². The number of aromatic amines is 1. The van der Waals surface area contributed by atoms with E-state index in [1.165, 1.54) is 0 Å². The number of nitrogens with zero attached hydrogens (tertiary/aromatic N) is 1. The Labute approximate surface area is 149 Å². The molecule has 0 atom stereocenters. The predicted molar refractivity (Wildman–Crippen MR) is 99.3 cm³/mol. The third kappa shape index (κ3) is 2.95. The van der Waals surface area contributed by atoms with Crippen molar-refractivity contribution in [2.24, 2.45) is 0 Å². The fraction of sp³-hybridized carbons (Fsp3) is 0. The van der Waals surface area contributed by atoms with Gasteiger partial charge in [0.15, 0.2) is 5.82 Å². The summed E-state index contributed by atoms with van der Waals surface area (Å²) in [6.45, 7) is 0. The normalized spacial score (nSPS) is 10.8. The Morgan fingerprint density at radius 1 is 1.14 bits per heavy atom. The minimum atomic E-state index is 0.470. The van der Waals surface area contributed by atoms with Gasteiger partial charge in [0, 0.05) is 18.6 Å². The highest BCUT2D eigenvalue weighted by molar-refractivity contribution is 14.1. The second-order valence-electron chi connectivity index (χ2n) is 4.49. The molecule has 0 aliphatic carbocycles. The summed E-state index contributed by atoms with van der Waals surface area (Å²) in [4.78, 5) is 0. The van der Waals surface area contributed by atoms with Gasteiger partial charge in [0.2, 0.25) is 0 Å². The molecular weight excluding hydrogens is 464 g/mol. The fourth-order valence-corrected chi connectivity index (χ4v) is 3.21. The Kier molecular flexibility index (Phi) is 4.24. The smallest absolute Gasteiger partial charge is 0.153 e. The number of rotatable bonds is 2. The van der Waals surface area contributed by atoms with Gasteiger partial charge in [0.25, 0.3) is 0 Å². The quantitative estimate of drug-likeness (QED) is 0.492. The second kappa shape index (κ2) is 5.98. The molecule has 106 valence electrons. The van der Waals surface area contributed by atoms with Crippen LogP contribution in [0.2, 0.25) is 5.02 Å². The molecular formula is C15H10BrClIN3. The molecule has 0 amide bonds. The van der Waals surface area contributed by atoms with Gasteiger partial charge in [0.05, 0.1) is 11.3 Å². The standard InChI is InChI=1S/C15H10BrClIN3/c16-12-6-5-10(18)7-11(12)14-13(15(19)21-20-14)8-1-3-9(17)4-2-8/h1-7H,(H3,19,20,21). The van der Waals surface area contributed by atoms with Gasteiger partial charge in [0.1, 0.15) is 0 Å². The topological polar surface area (TPSA) is 54.7 Å². The lowest BCUT2D eigenvalue weighted by Crippen LogP contribution is -1.89. The molecule has 0 bridgehead atoms. The van der Waals surface area contributed by atoms with Crippen molar-refractivity contribution in [1.82, 2.24) is 10.2 Å². The summed E-state index contributed by atoms with van der Waals surface area (Å²) in [5.74, 6) is 0.470. The zero-order valence-corrected chi connectivity index (χ0v) is 15.2. The van der Waals surface area contributed by atoms with Gasteiger partial charge in [-0.2, -0.15) is 5.10 Å². The Bertz CT molecular complexity index is 799. The van der Waals surface area contributed by atoms with Crippen LogP contribution in [-0.4, -0.2) is 10.2 Å². The average molecular weight is 475 g/mol. The SMILES string of the molecule is Nc1n[nH]c(-c2cc(I)ccc2Br)c1-c1ccc(Cl)cc1. The van der Waals surface area contributed by atoms with Gasteiger partial charge < -0.3 is 5.73 Å². The van der Waals surface area contributed by atoms with Crippen LogP contribution in [0.25, 0.3) is 22.4 Å². The van der Waals surface area contributed by atoms with Gasteiger partial charge in [-0.3, -0.25) is 5.10 Å². The number of benzene rings is 2. The lowest BCUT2D eigenvalue weighted by atomic mass is 10.0. The third-order valence-electron chi connectivity index (χ3n) is 3.12. The van der Waals surface area contributed by atoms with Crippen LogP contribution in [-0.2, 0) is 0 Å². The van der Waals surface area contributed by atoms with Crippen LogP contribution in [0.15, 0.2) is 46.9 Å². The molecule has 0 fully saturated rings. The summed E-state index contributed by atoms with van der Waals surface area (Å²) in [5, 5.41) is 7.88. The number of hydrogen-bond acceptors (Lipinski definition) is 2. The van der Waals surface area contributed by atoms with Crippen LogP contribution >= 0.6 is 50.1 Å². The Balaban J connectivity index is 2.21. The van der Waals surface area contributed by atoms with E-state index in [9.17, 15) is 0 Å². The lowest BCUT2D eigenvalue weighted by Gasteiger charge is -2.07. The maximum Gasteiger partial charge on any atom is 0.153 e. The molecule has 3 rings (SSSR count). The summed E-state index contributed by atoms with van der Waals surface area (Å²) in [6.07, 6.45) is 0. The minimum absolute atomic E-state index is 0.470. The van der Waals surface area contributed by atoms with E-state index in [1.807, 2.05) is 36.4 Å². The van der Waals surface area contributed by atoms with Crippen molar-refractivity contribution in [3.8, 4) is 22.4 Å². The van der Waals surface area contributed by atoms with Gasteiger partial charge >= 0.3 is 0 Å². The van der Waals surface area contributed by atoms with E-state index >= 15 is 0 Å². The number of anilines is 1. The summed E-state index contributed by atoms with van der Waals surface area (Å²) in [5.41, 5.74) is 9.82. The average Bonchev–Trinajstić information content (AvgIpc) is 2.84. The molecule has 1 heterocycles. The summed E-state index contributed by atoms with van der Waals surface area (Å²) >= 11 is 11.8. The van der Waals surface area contributed by atoms with Crippen LogP contribution in [0.5, 0.6) is 0 Å². The molecule has 3 aromatic rings. The monoisotopic (exact) mass is 473 g/mol. The lowest BCUT2D eigenvalue weighted by molar-refractivity contribution is 1.10. The summed E-state index contributed by atoms with van der Waals surface area (Å²) < 4.78 is 2.13.